The van der Waals surface area contributed by atoms with Crippen molar-refractivity contribution in [3.05, 3.63) is 0 Å². The first kappa shape index (κ1) is 16.6. The molecule has 0 aliphatic carbocycles. The van der Waals surface area contributed by atoms with Gasteiger partial charge in [-0.05, 0) is 34.1 Å². The first-order chi connectivity index (χ1) is 8.24. The molecule has 0 unspecified atom stereocenters. The van der Waals surface area contributed by atoms with E-state index < -0.39 is 11.6 Å². The average molecular weight is 258 g/mol. The van der Waals surface area contributed by atoms with E-state index >= 15 is 0 Å². The minimum atomic E-state index is -0.514. The summed E-state index contributed by atoms with van der Waals surface area (Å²) >= 11 is 0. The quantitative estimate of drug-likeness (QED) is 0.516. The number of rotatable bonds is 7. The second kappa shape index (κ2) is 7.84. The molecule has 0 N–H and O–H groups in total. The van der Waals surface area contributed by atoms with E-state index in [4.69, 9.17) is 4.74 Å². The molecule has 0 aromatic carbocycles. The molecule has 0 heterocycles. The molecule has 0 aromatic heterocycles. The van der Waals surface area contributed by atoms with E-state index in [0.717, 1.165) is 0 Å². The van der Waals surface area contributed by atoms with Gasteiger partial charge in [0.15, 0.2) is 0 Å². The molecular weight excluding hydrogens is 236 g/mol. The van der Waals surface area contributed by atoms with Gasteiger partial charge in [-0.25, -0.2) is 0 Å². The summed E-state index contributed by atoms with van der Waals surface area (Å²) < 4.78 is 9.75. The van der Waals surface area contributed by atoms with Crippen molar-refractivity contribution in [2.75, 3.05) is 6.61 Å². The number of ketones is 1. The van der Waals surface area contributed by atoms with E-state index in [1.54, 1.807) is 27.7 Å². The second-order valence-corrected chi connectivity index (χ2v) is 4.96. The van der Waals surface area contributed by atoms with Crippen molar-refractivity contribution < 1.29 is 23.9 Å². The van der Waals surface area contributed by atoms with Gasteiger partial charge in [-0.15, -0.1) is 0 Å². The number of carbonyl (C=O) groups is 3. The van der Waals surface area contributed by atoms with Crippen LogP contribution in [-0.2, 0) is 23.9 Å². The topological polar surface area (TPSA) is 69.7 Å². The normalized spacial score (nSPS) is 10.9. The SMILES string of the molecule is CCOC(=O)CC(=O)CCCC(=O)OC(C)(C)C. The lowest BCUT2D eigenvalue weighted by molar-refractivity contribution is -0.154. The fourth-order valence-electron chi connectivity index (χ4n) is 1.28. The molecule has 0 radical (unpaired) electrons. The Balaban J connectivity index is 3.75. The van der Waals surface area contributed by atoms with Gasteiger partial charge in [0.05, 0.1) is 6.61 Å². The van der Waals surface area contributed by atoms with Gasteiger partial charge in [-0.1, -0.05) is 0 Å². The summed E-state index contributed by atoms with van der Waals surface area (Å²) in [6.45, 7) is 7.32. The van der Waals surface area contributed by atoms with Gasteiger partial charge in [0.25, 0.3) is 0 Å². The van der Waals surface area contributed by atoms with Crippen molar-refractivity contribution in [3.8, 4) is 0 Å². The van der Waals surface area contributed by atoms with Crippen LogP contribution in [0.25, 0.3) is 0 Å². The zero-order valence-electron chi connectivity index (χ0n) is 11.6. The number of Topliss-reactive ketones (excluding diaryl/α,β-unsaturated/α-hetero) is 1. The highest BCUT2D eigenvalue weighted by molar-refractivity contribution is 5.95. The maximum Gasteiger partial charge on any atom is 0.313 e. The van der Waals surface area contributed by atoms with Gasteiger partial charge >= 0.3 is 11.9 Å². The van der Waals surface area contributed by atoms with E-state index in [2.05, 4.69) is 4.74 Å². The molecule has 18 heavy (non-hydrogen) atoms. The highest BCUT2D eigenvalue weighted by Crippen LogP contribution is 2.10. The third-order valence-corrected chi connectivity index (χ3v) is 1.90. The Bertz CT molecular complexity index is 301. The van der Waals surface area contributed by atoms with Crippen LogP contribution in [0.1, 0.15) is 53.4 Å². The van der Waals surface area contributed by atoms with Gasteiger partial charge in [0, 0.05) is 12.8 Å². The summed E-state index contributed by atoms with van der Waals surface area (Å²) in [4.78, 5) is 33.7. The Kier molecular flexibility index (Phi) is 7.24. The molecule has 0 atom stereocenters. The Hall–Kier alpha value is -1.39. The Labute approximate surface area is 108 Å². The van der Waals surface area contributed by atoms with E-state index in [1.807, 2.05) is 0 Å². The van der Waals surface area contributed by atoms with Gasteiger partial charge in [-0.3, -0.25) is 14.4 Å². The molecule has 0 rings (SSSR count). The minimum Gasteiger partial charge on any atom is -0.466 e. The molecule has 0 amide bonds. The number of carbonyl (C=O) groups excluding carboxylic acids is 3. The van der Waals surface area contributed by atoms with Gasteiger partial charge < -0.3 is 9.47 Å². The maximum atomic E-state index is 11.3. The Morgan fingerprint density at radius 1 is 1.00 bits per heavy atom. The molecule has 5 nitrogen and oxygen atoms in total. The van der Waals surface area contributed by atoms with Crippen LogP contribution in [-0.4, -0.2) is 29.9 Å². The van der Waals surface area contributed by atoms with Gasteiger partial charge in [0.2, 0.25) is 0 Å². The molecule has 104 valence electrons. The van der Waals surface area contributed by atoms with Crippen LogP contribution < -0.4 is 0 Å². The predicted octanol–water partition coefficient (Wildman–Crippen LogP) is 2.02. The van der Waals surface area contributed by atoms with Crippen molar-refractivity contribution in [3.63, 3.8) is 0 Å². The molecule has 0 saturated heterocycles. The van der Waals surface area contributed by atoms with E-state index in [9.17, 15) is 14.4 Å². The van der Waals surface area contributed by atoms with Gasteiger partial charge in [-0.2, -0.15) is 0 Å². The molecule has 0 spiro atoms. The maximum absolute atomic E-state index is 11.3. The third kappa shape index (κ3) is 9.81. The Morgan fingerprint density at radius 3 is 2.11 bits per heavy atom. The number of ether oxygens (including phenoxy) is 2. The standard InChI is InChI=1S/C13H22O5/c1-5-17-12(16)9-10(14)7-6-8-11(15)18-13(2,3)4/h5-9H2,1-4H3. The number of hydrogen-bond acceptors (Lipinski definition) is 5. The second-order valence-electron chi connectivity index (χ2n) is 4.96. The summed E-state index contributed by atoms with van der Waals surface area (Å²) in [5.41, 5.74) is -0.508. The van der Waals surface area contributed by atoms with E-state index in [-0.39, 0.29) is 37.6 Å². The lowest BCUT2D eigenvalue weighted by Gasteiger charge is -2.19. The summed E-state index contributed by atoms with van der Waals surface area (Å²) in [6.07, 6.45) is 0.555. The molecule has 0 aliphatic rings. The van der Waals surface area contributed by atoms with Crippen LogP contribution in [0.4, 0.5) is 0 Å². The first-order valence-corrected chi connectivity index (χ1v) is 6.13. The zero-order chi connectivity index (χ0) is 14.2. The lowest BCUT2D eigenvalue weighted by atomic mass is 10.1. The number of hydrogen-bond donors (Lipinski definition) is 0. The minimum absolute atomic E-state index is 0.186. The van der Waals surface area contributed by atoms with Crippen LogP contribution in [0.2, 0.25) is 0 Å². The van der Waals surface area contributed by atoms with Crippen molar-refractivity contribution >= 4 is 17.7 Å². The van der Waals surface area contributed by atoms with Crippen LogP contribution in [0, 0.1) is 0 Å². The first-order valence-electron chi connectivity index (χ1n) is 6.13. The summed E-state index contributed by atoms with van der Waals surface area (Å²) in [5, 5.41) is 0. The summed E-state index contributed by atoms with van der Waals surface area (Å²) in [7, 11) is 0. The fourth-order valence-corrected chi connectivity index (χ4v) is 1.28. The largest absolute Gasteiger partial charge is 0.466 e. The molecule has 0 fully saturated rings. The van der Waals surface area contributed by atoms with Crippen molar-refractivity contribution in [2.24, 2.45) is 0 Å². The fraction of sp³-hybridized carbons (Fsp3) is 0.769. The number of esters is 2. The molecule has 0 aromatic rings. The zero-order valence-corrected chi connectivity index (χ0v) is 11.6. The molecule has 0 bridgehead atoms. The van der Waals surface area contributed by atoms with Gasteiger partial charge in [0.1, 0.15) is 17.8 Å². The Morgan fingerprint density at radius 2 is 1.61 bits per heavy atom. The summed E-state index contributed by atoms with van der Waals surface area (Å²) in [5.74, 6) is -1.05. The van der Waals surface area contributed by atoms with Crippen molar-refractivity contribution in [1.82, 2.24) is 0 Å². The van der Waals surface area contributed by atoms with Crippen LogP contribution >= 0.6 is 0 Å². The molecule has 0 saturated carbocycles. The van der Waals surface area contributed by atoms with Crippen LogP contribution in [0.5, 0.6) is 0 Å². The predicted molar refractivity (Wildman–Crippen MR) is 66.0 cm³/mol. The third-order valence-electron chi connectivity index (χ3n) is 1.90. The molecule has 0 aliphatic heterocycles. The monoisotopic (exact) mass is 258 g/mol. The van der Waals surface area contributed by atoms with Crippen LogP contribution in [0.15, 0.2) is 0 Å². The highest BCUT2D eigenvalue weighted by atomic mass is 16.6. The molecule has 5 heteroatoms. The highest BCUT2D eigenvalue weighted by Gasteiger charge is 2.16. The van der Waals surface area contributed by atoms with Crippen molar-refractivity contribution in [1.29, 1.82) is 0 Å². The van der Waals surface area contributed by atoms with Crippen molar-refractivity contribution in [2.45, 2.75) is 59.0 Å². The average Bonchev–Trinajstić information content (AvgIpc) is 2.14. The smallest absolute Gasteiger partial charge is 0.313 e. The van der Waals surface area contributed by atoms with E-state index in [1.165, 1.54) is 0 Å². The lowest BCUT2D eigenvalue weighted by Crippen LogP contribution is -2.23. The van der Waals surface area contributed by atoms with E-state index in [0.29, 0.717) is 6.42 Å². The van der Waals surface area contributed by atoms with Crippen LogP contribution in [0.3, 0.4) is 0 Å². The molecular formula is C13H22O5. The summed E-state index contributed by atoms with van der Waals surface area (Å²) in [6, 6.07) is 0.